The molecule has 1 heterocycles. The van der Waals surface area contributed by atoms with Gasteiger partial charge in [0.2, 0.25) is 0 Å². The molecule has 0 aromatic heterocycles. The zero-order valence-corrected chi connectivity index (χ0v) is 13.4. The van der Waals surface area contributed by atoms with Crippen molar-refractivity contribution in [3.05, 3.63) is 69.3 Å². The largest absolute Gasteiger partial charge is 0.490 e. The molecule has 1 atom stereocenters. The van der Waals surface area contributed by atoms with Crippen LogP contribution in [0.5, 0.6) is 5.75 Å². The molecule has 0 amide bonds. The van der Waals surface area contributed by atoms with Gasteiger partial charge in [-0.2, -0.15) is 0 Å². The molecule has 3 rings (SSSR count). The smallest absolute Gasteiger partial charge is 0.314 e. The van der Waals surface area contributed by atoms with E-state index in [1.165, 1.54) is 12.7 Å². The molecule has 5 nitrogen and oxygen atoms in total. The number of methoxy groups -OCH3 is 1. The van der Waals surface area contributed by atoms with Crippen molar-refractivity contribution in [1.82, 2.24) is 4.90 Å². The Morgan fingerprint density at radius 2 is 1.96 bits per heavy atom. The molecule has 1 aliphatic rings. The first-order valence-electron chi connectivity index (χ1n) is 7.70. The maximum Gasteiger partial charge on any atom is 0.314 e. The second-order valence-electron chi connectivity index (χ2n) is 5.87. The molecule has 120 valence electrons. The summed E-state index contributed by atoms with van der Waals surface area (Å²) in [5, 5.41) is 11.5. The molecule has 0 fully saturated rings. The van der Waals surface area contributed by atoms with Gasteiger partial charge in [0.25, 0.3) is 0 Å². The monoisotopic (exact) mass is 312 g/mol. The summed E-state index contributed by atoms with van der Waals surface area (Å²) in [6.07, 6.45) is 1.42. The predicted octanol–water partition coefficient (Wildman–Crippen LogP) is 3.38. The molecule has 23 heavy (non-hydrogen) atoms. The van der Waals surface area contributed by atoms with Gasteiger partial charge in [-0.3, -0.25) is 15.0 Å². The van der Waals surface area contributed by atoms with Crippen molar-refractivity contribution in [3.8, 4) is 5.75 Å². The Morgan fingerprint density at radius 1 is 1.22 bits per heavy atom. The number of likely N-dealkylation sites (N-methyl/N-ethyl adjacent to an activating group) is 1. The molecule has 1 unspecified atom stereocenters. The van der Waals surface area contributed by atoms with Gasteiger partial charge in [0.15, 0.2) is 5.75 Å². The topological polar surface area (TPSA) is 55.6 Å². The maximum absolute atomic E-state index is 11.5. The van der Waals surface area contributed by atoms with Crippen molar-refractivity contribution in [1.29, 1.82) is 0 Å². The fourth-order valence-electron chi connectivity index (χ4n) is 3.35. The first-order chi connectivity index (χ1) is 11.1. The average molecular weight is 312 g/mol. The van der Waals surface area contributed by atoms with Gasteiger partial charge in [-0.15, -0.1) is 0 Å². The van der Waals surface area contributed by atoms with Crippen LogP contribution in [0.25, 0.3) is 0 Å². The van der Waals surface area contributed by atoms with Crippen LogP contribution in [0.2, 0.25) is 0 Å². The van der Waals surface area contributed by atoms with Gasteiger partial charge < -0.3 is 4.74 Å². The van der Waals surface area contributed by atoms with Crippen molar-refractivity contribution in [2.24, 2.45) is 0 Å². The molecule has 2 aromatic carbocycles. The second kappa shape index (κ2) is 6.38. The van der Waals surface area contributed by atoms with Crippen LogP contribution in [-0.2, 0) is 12.8 Å². The molecule has 5 heteroatoms. The lowest BCUT2D eigenvalue weighted by Gasteiger charge is -2.26. The number of nitro groups is 1. The van der Waals surface area contributed by atoms with Gasteiger partial charge in [0, 0.05) is 18.2 Å². The number of fused-ring (bicyclic) bond motifs is 1. The zero-order chi connectivity index (χ0) is 16.4. The number of nitro benzene ring substituents is 1. The Kier molecular flexibility index (Phi) is 4.30. The highest BCUT2D eigenvalue weighted by molar-refractivity contribution is 5.57. The molecule has 0 saturated carbocycles. The molecule has 0 aliphatic carbocycles. The highest BCUT2D eigenvalue weighted by atomic mass is 16.6. The third kappa shape index (κ3) is 2.92. The van der Waals surface area contributed by atoms with Crippen LogP contribution in [-0.4, -0.2) is 30.5 Å². The van der Waals surface area contributed by atoms with Crippen LogP contribution >= 0.6 is 0 Å². The SMILES string of the molecule is COc1ccc2c(c1[N+](=O)[O-])CCN(C)C(c1ccccc1)C2. The molecule has 0 radical (unpaired) electrons. The maximum atomic E-state index is 11.5. The summed E-state index contributed by atoms with van der Waals surface area (Å²) in [5.74, 6) is 0.342. The summed E-state index contributed by atoms with van der Waals surface area (Å²) in [6.45, 7) is 0.778. The van der Waals surface area contributed by atoms with E-state index < -0.39 is 0 Å². The van der Waals surface area contributed by atoms with Crippen molar-refractivity contribution in [2.75, 3.05) is 20.7 Å². The number of hydrogen-bond donors (Lipinski definition) is 0. The molecular formula is C18H20N2O3. The minimum atomic E-state index is -0.319. The summed E-state index contributed by atoms with van der Waals surface area (Å²) in [6, 6.07) is 14.2. The number of benzene rings is 2. The highest BCUT2D eigenvalue weighted by Gasteiger charge is 2.29. The van der Waals surface area contributed by atoms with Crippen molar-refractivity contribution < 1.29 is 9.66 Å². The van der Waals surface area contributed by atoms with E-state index in [9.17, 15) is 10.1 Å². The van der Waals surface area contributed by atoms with E-state index >= 15 is 0 Å². The quantitative estimate of drug-likeness (QED) is 0.644. The standard InChI is InChI=1S/C18H20N2O3/c1-19-11-10-15-14(8-9-17(23-2)18(15)20(21)22)12-16(19)13-6-4-3-5-7-13/h3-9,16H,10-12H2,1-2H3. The van der Waals surface area contributed by atoms with E-state index in [0.29, 0.717) is 12.2 Å². The third-order valence-corrected chi connectivity index (χ3v) is 4.59. The molecule has 2 aromatic rings. The first kappa shape index (κ1) is 15.5. The van der Waals surface area contributed by atoms with Crippen LogP contribution in [0.4, 0.5) is 5.69 Å². The first-order valence-corrected chi connectivity index (χ1v) is 7.70. The van der Waals surface area contributed by atoms with Gasteiger partial charge in [-0.05, 0) is 37.1 Å². The zero-order valence-electron chi connectivity index (χ0n) is 13.4. The fraction of sp³-hybridized carbons (Fsp3) is 0.333. The van der Waals surface area contributed by atoms with Crippen LogP contribution in [0.1, 0.15) is 22.7 Å². The fourth-order valence-corrected chi connectivity index (χ4v) is 3.35. The molecule has 1 aliphatic heterocycles. The van der Waals surface area contributed by atoms with Crippen molar-refractivity contribution >= 4 is 5.69 Å². The molecule has 0 N–H and O–H groups in total. The minimum Gasteiger partial charge on any atom is -0.490 e. The number of rotatable bonds is 3. The summed E-state index contributed by atoms with van der Waals surface area (Å²) < 4.78 is 5.20. The van der Waals surface area contributed by atoms with Crippen LogP contribution < -0.4 is 4.74 Å². The summed E-state index contributed by atoms with van der Waals surface area (Å²) in [7, 11) is 3.55. The molecular weight excluding hydrogens is 292 g/mol. The average Bonchev–Trinajstić information content (AvgIpc) is 2.73. The van der Waals surface area contributed by atoms with E-state index in [-0.39, 0.29) is 16.7 Å². The highest BCUT2D eigenvalue weighted by Crippen LogP contribution is 2.38. The summed E-state index contributed by atoms with van der Waals surface area (Å²) in [5.41, 5.74) is 3.20. The molecule has 0 saturated heterocycles. The predicted molar refractivity (Wildman–Crippen MR) is 88.9 cm³/mol. The van der Waals surface area contributed by atoms with Crippen molar-refractivity contribution in [2.45, 2.75) is 18.9 Å². The van der Waals surface area contributed by atoms with Gasteiger partial charge in [-0.1, -0.05) is 36.4 Å². The van der Waals surface area contributed by atoms with Crippen molar-refractivity contribution in [3.63, 3.8) is 0 Å². The Balaban J connectivity index is 2.06. The van der Waals surface area contributed by atoms with Crippen LogP contribution in [0, 0.1) is 10.1 Å². The lowest BCUT2D eigenvalue weighted by atomic mass is 9.95. The number of ether oxygens (including phenoxy) is 1. The van der Waals surface area contributed by atoms with E-state index in [1.807, 2.05) is 24.3 Å². The Labute approximate surface area is 135 Å². The second-order valence-corrected chi connectivity index (χ2v) is 5.87. The van der Waals surface area contributed by atoms with Gasteiger partial charge in [0.05, 0.1) is 12.0 Å². The lowest BCUT2D eigenvalue weighted by Crippen LogP contribution is -2.26. The van der Waals surface area contributed by atoms with Crippen LogP contribution in [0.3, 0.4) is 0 Å². The van der Waals surface area contributed by atoms with E-state index in [0.717, 1.165) is 24.1 Å². The number of hydrogen-bond acceptors (Lipinski definition) is 4. The normalized spacial score (nSPS) is 18.1. The van der Waals surface area contributed by atoms with Gasteiger partial charge in [-0.25, -0.2) is 0 Å². The molecule has 0 bridgehead atoms. The third-order valence-electron chi connectivity index (χ3n) is 4.59. The lowest BCUT2D eigenvalue weighted by molar-refractivity contribution is -0.386. The van der Waals surface area contributed by atoms with Gasteiger partial charge >= 0.3 is 5.69 Å². The minimum absolute atomic E-state index is 0.118. The Hall–Kier alpha value is -2.40. The Morgan fingerprint density at radius 3 is 2.61 bits per heavy atom. The summed E-state index contributed by atoms with van der Waals surface area (Å²) >= 11 is 0. The van der Waals surface area contributed by atoms with E-state index in [2.05, 4.69) is 24.1 Å². The summed E-state index contributed by atoms with van der Waals surface area (Å²) in [4.78, 5) is 13.5. The number of nitrogens with zero attached hydrogens (tertiary/aromatic N) is 2. The van der Waals surface area contributed by atoms with E-state index in [4.69, 9.17) is 4.74 Å². The Bertz CT molecular complexity index is 716. The molecule has 0 spiro atoms. The van der Waals surface area contributed by atoms with Gasteiger partial charge in [0.1, 0.15) is 0 Å². The van der Waals surface area contributed by atoms with Crippen LogP contribution in [0.15, 0.2) is 42.5 Å². The van der Waals surface area contributed by atoms with E-state index in [1.54, 1.807) is 6.07 Å².